The molecule has 0 amide bonds. The first-order valence-corrected chi connectivity index (χ1v) is 17.9. The van der Waals surface area contributed by atoms with Crippen LogP contribution in [-0.4, -0.2) is 216 Å². The minimum Gasteiger partial charge on any atom is -0.481 e. The molecule has 0 unspecified atom stereocenters. The molecule has 3 saturated heterocycles. The lowest BCUT2D eigenvalue weighted by Crippen LogP contribution is -2.65. The van der Waals surface area contributed by atoms with Crippen LogP contribution in [0.2, 0.25) is 0 Å². The fraction of sp³-hybridized carbons (Fsp3) is 0.938. The fourth-order valence-corrected chi connectivity index (χ4v) is 6.28. The minimum absolute atomic E-state index is 0.0364. The van der Waals surface area contributed by atoms with Gasteiger partial charge in [0, 0.05) is 19.4 Å². The molecule has 0 bridgehead atoms. The number of aliphatic carboxylic acids is 2. The molecule has 3 fully saturated rings. The lowest BCUT2D eigenvalue weighted by molar-refractivity contribution is -0.366. The van der Waals surface area contributed by atoms with Gasteiger partial charge in [0.05, 0.1) is 26.4 Å². The van der Waals surface area contributed by atoms with E-state index in [1.807, 2.05) is 4.90 Å². The van der Waals surface area contributed by atoms with Gasteiger partial charge >= 0.3 is 11.9 Å². The highest BCUT2D eigenvalue weighted by Gasteiger charge is 2.52. The maximum absolute atomic E-state index is 11.3. The Hall–Kier alpha value is -1.74. The molecule has 0 aromatic rings. The largest absolute Gasteiger partial charge is 0.481 e. The van der Waals surface area contributed by atoms with E-state index in [0.29, 0.717) is 51.6 Å². The average Bonchev–Trinajstić information content (AvgIpc) is 3.12. The molecular weight excluding hydrogens is 718 g/mol. The Bertz CT molecular complexity index is 1050. The van der Waals surface area contributed by atoms with Crippen LogP contribution in [0.15, 0.2) is 0 Å². The predicted octanol–water partition coefficient (Wildman–Crippen LogP) is -4.96. The number of rotatable bonds is 23. The van der Waals surface area contributed by atoms with Gasteiger partial charge < -0.3 is 94.6 Å². The smallest absolute Gasteiger partial charge is 0.303 e. The zero-order valence-corrected chi connectivity index (χ0v) is 29.3. The lowest BCUT2D eigenvalue weighted by Gasteiger charge is -2.46. The van der Waals surface area contributed by atoms with Crippen molar-refractivity contribution in [3.05, 3.63) is 0 Å². The van der Waals surface area contributed by atoms with E-state index < -0.39 is 124 Å². The summed E-state index contributed by atoms with van der Waals surface area (Å²) < 4.78 is 33.8. The third-order valence-electron chi connectivity index (χ3n) is 9.47. The topological polar surface area (TPSA) is 336 Å². The first-order valence-electron chi connectivity index (χ1n) is 17.9. The SMILES string of the molecule is O=C(O)CCCCCN(CCCCCC(=O)O)CCO[C@H]1O[C@H](CO[C@H]2O[C@H](CO)[C@@H](O)[C@H](O)[C@@H]2O)[C@@H](O)[C@H](O[C@H]2O[C@H](CO)[C@@H](O)[C@H](O)[C@@H]2O)[C@@H]1O. The van der Waals surface area contributed by atoms with Crippen molar-refractivity contribution >= 4 is 11.9 Å². The molecule has 3 aliphatic rings. The lowest BCUT2D eigenvalue weighted by atomic mass is 9.96. The van der Waals surface area contributed by atoms with Crippen molar-refractivity contribution in [2.24, 2.45) is 0 Å². The predicted molar refractivity (Wildman–Crippen MR) is 174 cm³/mol. The first kappa shape index (κ1) is 45.6. The number of carboxylic acid groups (broad SMARTS) is 2. The molecule has 0 aliphatic carbocycles. The number of hydrogen-bond acceptors (Lipinski definition) is 19. The minimum atomic E-state index is -1.89. The summed E-state index contributed by atoms with van der Waals surface area (Å²) in [4.78, 5) is 23.8. The van der Waals surface area contributed by atoms with Gasteiger partial charge in [0.1, 0.15) is 73.2 Å². The number of aliphatic hydroxyl groups is 10. The summed E-state index contributed by atoms with van der Waals surface area (Å²) in [5.41, 5.74) is 0. The van der Waals surface area contributed by atoms with Crippen LogP contribution in [0.3, 0.4) is 0 Å². The Kier molecular flexibility index (Phi) is 19.6. The third kappa shape index (κ3) is 13.5. The Balaban J connectivity index is 1.71. The quantitative estimate of drug-likeness (QED) is 0.0433. The summed E-state index contributed by atoms with van der Waals surface area (Å²) in [6.45, 7) is -0.761. The molecule has 0 spiro atoms. The molecule has 21 heteroatoms. The van der Waals surface area contributed by atoms with E-state index in [0.717, 1.165) is 0 Å². The van der Waals surface area contributed by atoms with Crippen molar-refractivity contribution in [3.8, 4) is 0 Å². The molecule has 0 radical (unpaired) electrons. The number of nitrogens with zero attached hydrogens (tertiary/aromatic N) is 1. The average molecular weight is 776 g/mol. The van der Waals surface area contributed by atoms with Crippen LogP contribution in [0.25, 0.3) is 0 Å². The van der Waals surface area contributed by atoms with E-state index in [-0.39, 0.29) is 26.0 Å². The Morgan fingerprint density at radius 3 is 1.49 bits per heavy atom. The maximum atomic E-state index is 11.3. The molecular formula is C32H57NO20. The van der Waals surface area contributed by atoms with E-state index in [2.05, 4.69) is 0 Å². The van der Waals surface area contributed by atoms with Crippen LogP contribution in [0.5, 0.6) is 0 Å². The van der Waals surface area contributed by atoms with Crippen molar-refractivity contribution in [2.45, 2.75) is 143 Å². The molecule has 3 aliphatic heterocycles. The van der Waals surface area contributed by atoms with Crippen molar-refractivity contribution in [1.82, 2.24) is 4.90 Å². The van der Waals surface area contributed by atoms with Crippen LogP contribution in [0, 0.1) is 0 Å². The maximum Gasteiger partial charge on any atom is 0.303 e. The molecule has 12 N–H and O–H groups in total. The van der Waals surface area contributed by atoms with Crippen molar-refractivity contribution in [2.75, 3.05) is 46.1 Å². The van der Waals surface area contributed by atoms with E-state index >= 15 is 0 Å². The monoisotopic (exact) mass is 775 g/mol. The fourth-order valence-electron chi connectivity index (χ4n) is 6.28. The number of carboxylic acids is 2. The number of unbranched alkanes of at least 4 members (excludes halogenated alkanes) is 4. The van der Waals surface area contributed by atoms with E-state index in [1.165, 1.54) is 0 Å². The van der Waals surface area contributed by atoms with Crippen molar-refractivity contribution < 1.29 is 99.3 Å². The summed E-state index contributed by atoms with van der Waals surface area (Å²) in [5.74, 6) is -1.79. The molecule has 310 valence electrons. The van der Waals surface area contributed by atoms with Gasteiger partial charge in [-0.3, -0.25) is 9.59 Å². The highest BCUT2D eigenvalue weighted by Crippen LogP contribution is 2.31. The van der Waals surface area contributed by atoms with Gasteiger partial charge in [-0.2, -0.15) is 0 Å². The van der Waals surface area contributed by atoms with Gasteiger partial charge in [-0.1, -0.05) is 12.8 Å². The summed E-state index contributed by atoms with van der Waals surface area (Å²) >= 11 is 0. The molecule has 15 atom stereocenters. The number of carbonyl (C=O) groups is 2. The summed E-state index contributed by atoms with van der Waals surface area (Å²) in [6, 6.07) is 0. The second kappa shape index (κ2) is 22.7. The van der Waals surface area contributed by atoms with E-state index in [9.17, 15) is 60.7 Å². The number of hydrogen-bond donors (Lipinski definition) is 12. The van der Waals surface area contributed by atoms with Gasteiger partial charge in [-0.15, -0.1) is 0 Å². The van der Waals surface area contributed by atoms with E-state index in [1.54, 1.807) is 0 Å². The second-order valence-electron chi connectivity index (χ2n) is 13.5. The highest BCUT2D eigenvalue weighted by molar-refractivity contribution is 5.66. The summed E-state index contributed by atoms with van der Waals surface area (Å²) in [7, 11) is 0. The second-order valence-corrected chi connectivity index (χ2v) is 13.5. The van der Waals surface area contributed by atoms with Crippen LogP contribution in [-0.2, 0) is 38.0 Å². The molecule has 3 heterocycles. The van der Waals surface area contributed by atoms with Crippen LogP contribution >= 0.6 is 0 Å². The molecule has 3 rings (SSSR count). The third-order valence-corrected chi connectivity index (χ3v) is 9.47. The van der Waals surface area contributed by atoms with Crippen molar-refractivity contribution in [3.63, 3.8) is 0 Å². The molecule has 21 nitrogen and oxygen atoms in total. The standard InChI is InChI=1S/C32H57NO20/c34-13-16-21(40)24(43)26(45)30(50-16)49-15-18-23(42)29(53-32-27(46)25(44)22(41)17(14-35)51-32)28(47)31(52-18)48-12-11-33(9-5-1-3-7-19(36)37)10-6-2-4-8-20(38)39/h16-18,21-32,34-35,40-47H,1-15H2,(H,36,37)(H,38,39)/t16-,17-,18-,21-,22-,23-,24+,25+,26+,27+,28+,29+,30+,31+,32-/m1/s1. The highest BCUT2D eigenvalue weighted by atomic mass is 16.7. The van der Waals surface area contributed by atoms with Gasteiger partial charge in [0.25, 0.3) is 0 Å². The summed E-state index contributed by atoms with van der Waals surface area (Å²) in [5, 5.41) is 121. The van der Waals surface area contributed by atoms with Crippen LogP contribution in [0.1, 0.15) is 51.4 Å². The van der Waals surface area contributed by atoms with Crippen LogP contribution in [0.4, 0.5) is 0 Å². The van der Waals surface area contributed by atoms with E-state index in [4.69, 9.17) is 38.6 Å². The number of ether oxygens (including phenoxy) is 6. The molecule has 0 aromatic heterocycles. The molecule has 53 heavy (non-hydrogen) atoms. The molecule has 0 aromatic carbocycles. The Morgan fingerprint density at radius 1 is 0.509 bits per heavy atom. The molecule has 0 saturated carbocycles. The Labute approximate surface area is 305 Å². The van der Waals surface area contributed by atoms with Gasteiger partial charge in [0.15, 0.2) is 18.9 Å². The van der Waals surface area contributed by atoms with Crippen LogP contribution < -0.4 is 0 Å². The summed E-state index contributed by atoms with van der Waals surface area (Å²) in [6.07, 6.45) is -21.2. The zero-order valence-electron chi connectivity index (χ0n) is 29.3. The normalized spacial score (nSPS) is 37.9. The van der Waals surface area contributed by atoms with Crippen molar-refractivity contribution in [1.29, 1.82) is 0 Å². The first-order chi connectivity index (χ1) is 25.2. The van der Waals surface area contributed by atoms with Gasteiger partial charge in [-0.25, -0.2) is 0 Å². The van der Waals surface area contributed by atoms with Gasteiger partial charge in [0.2, 0.25) is 0 Å². The zero-order chi connectivity index (χ0) is 39.2. The Morgan fingerprint density at radius 2 is 0.981 bits per heavy atom. The van der Waals surface area contributed by atoms with Gasteiger partial charge in [-0.05, 0) is 38.8 Å². The number of aliphatic hydroxyl groups excluding tert-OH is 10.